The van der Waals surface area contributed by atoms with Crippen LogP contribution in [0.15, 0.2) is 36.4 Å². The molecule has 0 aliphatic rings. The Hall–Kier alpha value is -1.87. The van der Waals surface area contributed by atoms with E-state index in [-0.39, 0.29) is 36.3 Å². The van der Waals surface area contributed by atoms with Crippen molar-refractivity contribution < 1.29 is 24.4 Å². The van der Waals surface area contributed by atoms with Gasteiger partial charge in [-0.15, -0.1) is 12.4 Å². The summed E-state index contributed by atoms with van der Waals surface area (Å²) in [6.07, 6.45) is 0. The zero-order chi connectivity index (χ0) is 22.6. The third kappa shape index (κ3) is 12.5. The molecule has 0 aromatic heterocycles. The first-order valence-electron chi connectivity index (χ1n) is 8.36. The molecule has 0 unspecified atom stereocenters. The number of carboxylic acid groups (broad SMARTS) is 1. The molecule has 176 valence electrons. The molecule has 0 radical (unpaired) electrons. The number of nitrogens with one attached hydrogen (secondary N) is 1. The molecule has 2 N–H and O–H groups in total. The number of rotatable bonds is 4. The lowest BCUT2D eigenvalue weighted by Crippen LogP contribution is -2.25. The van der Waals surface area contributed by atoms with E-state index in [2.05, 4.69) is 10.3 Å². The van der Waals surface area contributed by atoms with Crippen LogP contribution in [0.3, 0.4) is 0 Å². The Kier molecular flexibility index (Phi) is 19.4. The first-order chi connectivity index (χ1) is 13.6. The molecule has 0 atom stereocenters. The van der Waals surface area contributed by atoms with Crippen LogP contribution in [0.1, 0.15) is 39.3 Å². The lowest BCUT2D eigenvalue weighted by molar-refractivity contribution is -0.0756. The monoisotopic (exact) mass is 496 g/mol. The highest BCUT2D eigenvalue weighted by atomic mass is 35.5. The highest BCUT2D eigenvalue weighted by Crippen LogP contribution is 2.19. The molecule has 0 heterocycles. The number of carboxylic acids is 1. The summed E-state index contributed by atoms with van der Waals surface area (Å²) >= 11 is 11.5. The van der Waals surface area contributed by atoms with Crippen molar-refractivity contribution in [2.24, 2.45) is 0 Å². The Morgan fingerprint density at radius 1 is 0.968 bits per heavy atom. The van der Waals surface area contributed by atoms with E-state index in [4.69, 9.17) is 33.1 Å². The molecule has 0 fully saturated rings. The van der Waals surface area contributed by atoms with E-state index in [1.165, 1.54) is 7.11 Å². The highest BCUT2D eigenvalue weighted by Gasteiger charge is 2.14. The van der Waals surface area contributed by atoms with Crippen molar-refractivity contribution in [3.63, 3.8) is 0 Å². The first kappa shape index (κ1) is 33.8. The minimum absolute atomic E-state index is 0. The van der Waals surface area contributed by atoms with Gasteiger partial charge in [-0.05, 0) is 38.1 Å². The zero-order valence-electron chi connectivity index (χ0n) is 17.7. The number of halogens is 3. The molecule has 10 heteroatoms. The van der Waals surface area contributed by atoms with E-state index in [9.17, 15) is 9.59 Å². The maximum absolute atomic E-state index is 11.7. The van der Waals surface area contributed by atoms with Crippen molar-refractivity contribution in [3.8, 4) is 0 Å². The second-order valence-corrected chi connectivity index (χ2v) is 6.48. The number of benzene rings is 2. The van der Waals surface area contributed by atoms with E-state index in [1.807, 2.05) is 19.9 Å². The van der Waals surface area contributed by atoms with Gasteiger partial charge in [0.25, 0.3) is 5.91 Å². The standard InChI is InChI=1S/C10H12ClNO2.C8H7ClO2.C2H7NO.CH4.ClH/c1-7-4-5-9(11)8(6-7)10(13)12(2)14-3;1-5-2-3-7(9)6(4-5)8(10)11;1-3-4-2;;/h4-6H,1-3H3;2-4H,1H3,(H,10,11);3H,1-2H3;1H4;1H. The number of aromatic carboxylic acids is 1. The van der Waals surface area contributed by atoms with Crippen LogP contribution in [0.4, 0.5) is 0 Å². The minimum Gasteiger partial charge on any atom is -0.478 e. The molecule has 7 nitrogen and oxygen atoms in total. The van der Waals surface area contributed by atoms with Crippen LogP contribution in [0.5, 0.6) is 0 Å². The molecular formula is C21H31Cl3N2O5. The first-order valence-corrected chi connectivity index (χ1v) is 9.12. The summed E-state index contributed by atoms with van der Waals surface area (Å²) in [6, 6.07) is 10.2. The van der Waals surface area contributed by atoms with Crippen LogP contribution in [0.25, 0.3) is 0 Å². The molecule has 0 aliphatic carbocycles. The topological polar surface area (TPSA) is 88.1 Å². The SMILES string of the molecule is C.CNOC.CON(C)C(=O)c1cc(C)ccc1Cl.Cc1ccc(Cl)c(C(=O)O)c1.Cl. The lowest BCUT2D eigenvalue weighted by Gasteiger charge is -2.14. The Morgan fingerprint density at radius 2 is 1.35 bits per heavy atom. The largest absolute Gasteiger partial charge is 0.478 e. The second kappa shape index (κ2) is 17.8. The van der Waals surface area contributed by atoms with Crippen molar-refractivity contribution >= 4 is 47.5 Å². The smallest absolute Gasteiger partial charge is 0.337 e. The number of hydroxylamine groups is 3. The van der Waals surface area contributed by atoms with Gasteiger partial charge in [0.1, 0.15) is 0 Å². The van der Waals surface area contributed by atoms with Crippen molar-refractivity contribution in [1.82, 2.24) is 10.5 Å². The Bertz CT molecular complexity index is 818. The minimum atomic E-state index is -0.987. The number of nitrogens with zero attached hydrogens (tertiary/aromatic N) is 1. The van der Waals surface area contributed by atoms with Gasteiger partial charge in [0.05, 0.1) is 35.4 Å². The normalized spacial score (nSPS) is 8.90. The third-order valence-electron chi connectivity index (χ3n) is 3.47. The average Bonchev–Trinajstić information content (AvgIpc) is 2.70. The predicted molar refractivity (Wildman–Crippen MR) is 128 cm³/mol. The number of hydrogen-bond acceptors (Lipinski definition) is 5. The van der Waals surface area contributed by atoms with E-state index < -0.39 is 5.97 Å². The third-order valence-corrected chi connectivity index (χ3v) is 4.13. The number of carbonyl (C=O) groups excluding carboxylic acids is 1. The number of aryl methyl sites for hydroxylation is 2. The van der Waals surface area contributed by atoms with Gasteiger partial charge in [0.15, 0.2) is 0 Å². The second-order valence-electron chi connectivity index (χ2n) is 5.67. The van der Waals surface area contributed by atoms with Crippen molar-refractivity contribution in [2.45, 2.75) is 21.3 Å². The summed E-state index contributed by atoms with van der Waals surface area (Å²) in [4.78, 5) is 31.2. The Balaban J connectivity index is -0.000000416. The van der Waals surface area contributed by atoms with Gasteiger partial charge < -0.3 is 9.94 Å². The van der Waals surface area contributed by atoms with Crippen LogP contribution >= 0.6 is 35.6 Å². The number of hydrogen-bond donors (Lipinski definition) is 2. The maximum Gasteiger partial charge on any atom is 0.337 e. The fourth-order valence-corrected chi connectivity index (χ4v) is 2.26. The summed E-state index contributed by atoms with van der Waals surface area (Å²) in [5.41, 5.74) is 4.93. The van der Waals surface area contributed by atoms with Gasteiger partial charge in [0.2, 0.25) is 0 Å². The molecule has 0 saturated carbocycles. The van der Waals surface area contributed by atoms with E-state index in [1.54, 1.807) is 51.5 Å². The Labute approximate surface area is 200 Å². The highest BCUT2D eigenvalue weighted by molar-refractivity contribution is 6.34. The van der Waals surface area contributed by atoms with Crippen molar-refractivity contribution in [1.29, 1.82) is 0 Å². The molecule has 2 aromatic carbocycles. The van der Waals surface area contributed by atoms with Gasteiger partial charge in [-0.2, -0.15) is 0 Å². The van der Waals surface area contributed by atoms with Crippen LogP contribution in [-0.4, -0.2) is 50.4 Å². The van der Waals surface area contributed by atoms with Crippen LogP contribution < -0.4 is 5.48 Å². The predicted octanol–water partition coefficient (Wildman–Crippen LogP) is 5.45. The quantitative estimate of drug-likeness (QED) is 0.546. The molecule has 0 aliphatic heterocycles. The van der Waals surface area contributed by atoms with Gasteiger partial charge >= 0.3 is 5.97 Å². The molecule has 1 amide bonds. The maximum atomic E-state index is 11.7. The van der Waals surface area contributed by atoms with Gasteiger partial charge in [-0.3, -0.25) is 9.63 Å². The van der Waals surface area contributed by atoms with Gasteiger partial charge in [-0.25, -0.2) is 15.3 Å². The van der Waals surface area contributed by atoms with Gasteiger partial charge in [-0.1, -0.05) is 53.9 Å². The van der Waals surface area contributed by atoms with Gasteiger partial charge in [0, 0.05) is 14.1 Å². The summed E-state index contributed by atoms with van der Waals surface area (Å²) in [5.74, 6) is -1.24. The van der Waals surface area contributed by atoms with Crippen molar-refractivity contribution in [2.75, 3.05) is 28.3 Å². The molecular weight excluding hydrogens is 467 g/mol. The zero-order valence-corrected chi connectivity index (χ0v) is 20.0. The van der Waals surface area contributed by atoms with Crippen LogP contribution in [0, 0.1) is 13.8 Å². The van der Waals surface area contributed by atoms with Crippen LogP contribution in [0.2, 0.25) is 10.0 Å². The molecule has 31 heavy (non-hydrogen) atoms. The summed E-state index contributed by atoms with van der Waals surface area (Å²) in [5, 5.41) is 10.5. The number of amides is 1. The summed E-state index contributed by atoms with van der Waals surface area (Å²) in [6.45, 7) is 3.72. The fourth-order valence-electron chi connectivity index (χ4n) is 1.86. The summed E-state index contributed by atoms with van der Waals surface area (Å²) in [7, 11) is 6.25. The number of carbonyl (C=O) groups is 2. The van der Waals surface area contributed by atoms with Crippen molar-refractivity contribution in [3.05, 3.63) is 68.7 Å². The Morgan fingerprint density at radius 3 is 1.68 bits per heavy atom. The van der Waals surface area contributed by atoms with E-state index >= 15 is 0 Å². The lowest BCUT2D eigenvalue weighted by atomic mass is 10.1. The summed E-state index contributed by atoms with van der Waals surface area (Å²) < 4.78 is 0. The van der Waals surface area contributed by atoms with E-state index in [0.717, 1.165) is 16.2 Å². The molecule has 0 spiro atoms. The van der Waals surface area contributed by atoms with Crippen LogP contribution in [-0.2, 0) is 9.68 Å². The molecule has 0 saturated heterocycles. The molecule has 2 aromatic rings. The van der Waals surface area contributed by atoms with E-state index in [0.29, 0.717) is 10.6 Å². The fraction of sp³-hybridized carbons (Fsp3) is 0.333. The molecule has 0 bridgehead atoms. The molecule has 2 rings (SSSR count). The average molecular weight is 498 g/mol.